The molecule has 0 amide bonds. The Balaban J connectivity index is 2.25. The zero-order chi connectivity index (χ0) is 13.8. The molecule has 5 heteroatoms. The molecule has 0 fully saturated rings. The summed E-state index contributed by atoms with van der Waals surface area (Å²) in [5.74, 6) is 2.71. The van der Waals surface area contributed by atoms with Crippen molar-refractivity contribution < 1.29 is 4.52 Å². The molecule has 19 heavy (non-hydrogen) atoms. The molecule has 0 aromatic carbocycles. The molecule has 2 rings (SSSR count). The molecular weight excluding hydrogens is 240 g/mol. The van der Waals surface area contributed by atoms with E-state index in [4.69, 9.17) is 4.52 Å². The summed E-state index contributed by atoms with van der Waals surface area (Å²) < 4.78 is 5.24. The molecule has 0 saturated heterocycles. The fourth-order valence-electron chi connectivity index (χ4n) is 1.83. The first-order valence-electron chi connectivity index (χ1n) is 6.54. The van der Waals surface area contributed by atoms with Crippen molar-refractivity contribution in [2.45, 2.75) is 27.2 Å². The maximum Gasteiger partial charge on any atom is 0.261 e. The fourth-order valence-corrected chi connectivity index (χ4v) is 1.83. The molecule has 0 saturated carbocycles. The van der Waals surface area contributed by atoms with Gasteiger partial charge < -0.3 is 9.42 Å². The van der Waals surface area contributed by atoms with Crippen LogP contribution < -0.4 is 4.90 Å². The average molecular weight is 260 g/mol. The smallest absolute Gasteiger partial charge is 0.261 e. The average Bonchev–Trinajstić information content (AvgIpc) is 2.82. The Kier molecular flexibility index (Phi) is 4.14. The highest BCUT2D eigenvalue weighted by molar-refractivity contribution is 5.69. The minimum atomic E-state index is 0.525. The zero-order valence-corrected chi connectivity index (χ0v) is 11.9. The highest BCUT2D eigenvalue weighted by atomic mass is 16.5. The molecule has 102 valence electrons. The van der Waals surface area contributed by atoms with E-state index in [1.54, 1.807) is 6.20 Å². The molecule has 0 aliphatic heterocycles. The summed E-state index contributed by atoms with van der Waals surface area (Å²) in [6, 6.07) is 3.84. The third-order valence-corrected chi connectivity index (χ3v) is 2.95. The van der Waals surface area contributed by atoms with Crippen molar-refractivity contribution >= 4 is 5.82 Å². The summed E-state index contributed by atoms with van der Waals surface area (Å²) >= 11 is 0. The lowest BCUT2D eigenvalue weighted by Crippen LogP contribution is -2.21. The predicted molar refractivity (Wildman–Crippen MR) is 75.0 cm³/mol. The van der Waals surface area contributed by atoms with E-state index in [1.165, 1.54) is 0 Å². The maximum absolute atomic E-state index is 5.24. The van der Waals surface area contributed by atoms with E-state index in [0.29, 0.717) is 17.6 Å². The Bertz CT molecular complexity index is 536. The van der Waals surface area contributed by atoms with Crippen molar-refractivity contribution in [3.05, 3.63) is 24.2 Å². The van der Waals surface area contributed by atoms with Gasteiger partial charge in [0.2, 0.25) is 0 Å². The largest absolute Gasteiger partial charge is 0.359 e. The first kappa shape index (κ1) is 13.5. The lowest BCUT2D eigenvalue weighted by atomic mass is 10.1. The number of nitrogens with zero attached hydrogens (tertiary/aromatic N) is 4. The Hall–Kier alpha value is -1.91. The van der Waals surface area contributed by atoms with Crippen molar-refractivity contribution in [2.24, 2.45) is 5.92 Å². The van der Waals surface area contributed by atoms with E-state index >= 15 is 0 Å². The number of aryl methyl sites for hydroxylation is 1. The molecule has 5 nitrogen and oxygen atoms in total. The van der Waals surface area contributed by atoms with Crippen LogP contribution in [0, 0.1) is 12.8 Å². The quantitative estimate of drug-likeness (QED) is 0.827. The Labute approximate surface area is 113 Å². The molecule has 0 N–H and O–H groups in total. The number of pyridine rings is 1. The third-order valence-electron chi connectivity index (χ3n) is 2.95. The molecule has 2 aromatic rings. The second-order valence-electron chi connectivity index (χ2n) is 5.13. The lowest BCUT2D eigenvalue weighted by molar-refractivity contribution is 0.425. The fraction of sp³-hybridized carbons (Fsp3) is 0.500. The van der Waals surface area contributed by atoms with Gasteiger partial charge in [0, 0.05) is 19.8 Å². The molecule has 0 bridgehead atoms. The van der Waals surface area contributed by atoms with Crippen molar-refractivity contribution in [3.63, 3.8) is 0 Å². The van der Waals surface area contributed by atoms with Gasteiger partial charge >= 0.3 is 0 Å². The Morgan fingerprint density at radius 2 is 2.16 bits per heavy atom. The number of hydrogen-bond acceptors (Lipinski definition) is 5. The molecular formula is C14H20N4O. The van der Waals surface area contributed by atoms with Gasteiger partial charge in [0.05, 0.1) is 5.56 Å². The Morgan fingerprint density at radius 1 is 1.37 bits per heavy atom. The molecule has 0 aliphatic carbocycles. The second kappa shape index (κ2) is 5.82. The molecule has 0 unspecified atom stereocenters. The van der Waals surface area contributed by atoms with Gasteiger partial charge in [-0.05, 0) is 31.4 Å². The first-order valence-corrected chi connectivity index (χ1v) is 6.54. The van der Waals surface area contributed by atoms with Gasteiger partial charge in [0.1, 0.15) is 5.82 Å². The number of hydrogen-bond donors (Lipinski definition) is 0. The van der Waals surface area contributed by atoms with Crippen molar-refractivity contribution in [1.29, 1.82) is 0 Å². The molecule has 2 heterocycles. The number of rotatable bonds is 5. The monoisotopic (exact) mass is 260 g/mol. The highest BCUT2D eigenvalue weighted by Crippen LogP contribution is 2.26. The van der Waals surface area contributed by atoms with E-state index in [2.05, 4.69) is 33.9 Å². The zero-order valence-electron chi connectivity index (χ0n) is 11.9. The van der Waals surface area contributed by atoms with Crippen LogP contribution in [0.15, 0.2) is 22.9 Å². The molecule has 2 aromatic heterocycles. The van der Waals surface area contributed by atoms with E-state index in [-0.39, 0.29) is 0 Å². The van der Waals surface area contributed by atoms with Crippen molar-refractivity contribution in [2.75, 3.05) is 18.5 Å². The summed E-state index contributed by atoms with van der Waals surface area (Å²) in [6.07, 6.45) is 2.91. The molecule has 0 spiro atoms. The molecule has 0 aliphatic rings. The van der Waals surface area contributed by atoms with Crippen LogP contribution in [0.1, 0.15) is 26.1 Å². The lowest BCUT2D eigenvalue weighted by Gasteiger charge is -2.20. The van der Waals surface area contributed by atoms with E-state index in [9.17, 15) is 0 Å². The van der Waals surface area contributed by atoms with Crippen molar-refractivity contribution in [1.82, 2.24) is 15.1 Å². The third kappa shape index (κ3) is 3.30. The summed E-state index contributed by atoms with van der Waals surface area (Å²) in [5.41, 5.74) is 0.884. The van der Waals surface area contributed by atoms with Crippen molar-refractivity contribution in [3.8, 4) is 11.5 Å². The van der Waals surface area contributed by atoms with Gasteiger partial charge in [-0.2, -0.15) is 4.98 Å². The van der Waals surface area contributed by atoms with Crippen LogP contribution in [0.4, 0.5) is 5.82 Å². The minimum Gasteiger partial charge on any atom is -0.359 e. The highest BCUT2D eigenvalue weighted by Gasteiger charge is 2.15. The van der Waals surface area contributed by atoms with Gasteiger partial charge in [0.25, 0.3) is 5.89 Å². The standard InChI is InChI=1S/C14H20N4O/c1-10(2)7-9-18(4)13-12(6-5-8-15-13)14-16-11(3)17-19-14/h5-6,8,10H,7,9H2,1-4H3. The summed E-state index contributed by atoms with van der Waals surface area (Å²) in [5, 5.41) is 3.84. The normalized spacial score (nSPS) is 11.0. The van der Waals surface area contributed by atoms with E-state index < -0.39 is 0 Å². The van der Waals surface area contributed by atoms with Gasteiger partial charge in [-0.3, -0.25) is 0 Å². The Morgan fingerprint density at radius 3 is 2.79 bits per heavy atom. The predicted octanol–water partition coefficient (Wildman–Crippen LogP) is 2.92. The maximum atomic E-state index is 5.24. The number of aromatic nitrogens is 3. The topological polar surface area (TPSA) is 55.1 Å². The SMILES string of the molecule is Cc1noc(-c2cccnc2N(C)CCC(C)C)n1. The summed E-state index contributed by atoms with van der Waals surface area (Å²) in [4.78, 5) is 10.8. The van der Waals surface area contributed by atoms with Crippen LogP contribution in [-0.2, 0) is 0 Å². The van der Waals surface area contributed by atoms with Crippen LogP contribution >= 0.6 is 0 Å². The summed E-state index contributed by atoms with van der Waals surface area (Å²) in [6.45, 7) is 7.20. The first-order chi connectivity index (χ1) is 9.08. The van der Waals surface area contributed by atoms with Crippen LogP contribution in [0.5, 0.6) is 0 Å². The van der Waals surface area contributed by atoms with Crippen LogP contribution in [0.25, 0.3) is 11.5 Å². The second-order valence-corrected chi connectivity index (χ2v) is 5.13. The van der Waals surface area contributed by atoms with Gasteiger partial charge in [0.15, 0.2) is 5.82 Å². The van der Waals surface area contributed by atoms with E-state index in [0.717, 1.165) is 24.3 Å². The van der Waals surface area contributed by atoms with Gasteiger partial charge in [-0.15, -0.1) is 0 Å². The van der Waals surface area contributed by atoms with Crippen LogP contribution in [-0.4, -0.2) is 28.7 Å². The number of anilines is 1. The van der Waals surface area contributed by atoms with E-state index in [1.807, 2.05) is 26.1 Å². The van der Waals surface area contributed by atoms with Gasteiger partial charge in [-0.25, -0.2) is 4.98 Å². The molecule has 0 atom stereocenters. The minimum absolute atomic E-state index is 0.525. The molecule has 0 radical (unpaired) electrons. The van der Waals surface area contributed by atoms with Crippen LogP contribution in [0.3, 0.4) is 0 Å². The van der Waals surface area contributed by atoms with Gasteiger partial charge in [-0.1, -0.05) is 19.0 Å². The van der Waals surface area contributed by atoms with Crippen LogP contribution in [0.2, 0.25) is 0 Å². The summed E-state index contributed by atoms with van der Waals surface area (Å²) in [7, 11) is 2.04.